The molecule has 2 N–H and O–H groups in total. The lowest BCUT2D eigenvalue weighted by atomic mass is 9.76. The molecule has 6 nitrogen and oxygen atoms in total. The van der Waals surface area contributed by atoms with Gasteiger partial charge in [0.2, 0.25) is 5.69 Å². The molecule has 2 rings (SSSR count). The van der Waals surface area contributed by atoms with Crippen molar-refractivity contribution in [1.82, 2.24) is 0 Å². The van der Waals surface area contributed by atoms with E-state index in [0.29, 0.717) is 19.4 Å². The SMILES string of the molecule is CC1=[N+](CCCS(=O)(=O)O)c2ccccc2C1(C)CCCC(=O)O. The van der Waals surface area contributed by atoms with Crippen LogP contribution in [0.5, 0.6) is 0 Å². The first-order valence-electron chi connectivity index (χ1n) is 8.03. The highest BCUT2D eigenvalue weighted by Crippen LogP contribution is 2.42. The van der Waals surface area contributed by atoms with E-state index >= 15 is 0 Å². The molecule has 1 aliphatic rings. The summed E-state index contributed by atoms with van der Waals surface area (Å²) in [6.07, 6.45) is 1.76. The van der Waals surface area contributed by atoms with Gasteiger partial charge in [-0.05, 0) is 19.8 Å². The van der Waals surface area contributed by atoms with Gasteiger partial charge in [-0.15, -0.1) is 0 Å². The predicted octanol–water partition coefficient (Wildman–Crippen LogP) is 2.60. The largest absolute Gasteiger partial charge is 0.481 e. The molecular weight excluding hydrogens is 330 g/mol. The first-order chi connectivity index (χ1) is 11.1. The summed E-state index contributed by atoms with van der Waals surface area (Å²) in [4.78, 5) is 10.8. The Hall–Kier alpha value is -1.73. The fourth-order valence-electron chi connectivity index (χ4n) is 3.45. The lowest BCUT2D eigenvalue weighted by molar-refractivity contribution is -0.438. The Labute approximate surface area is 142 Å². The van der Waals surface area contributed by atoms with E-state index in [4.69, 9.17) is 9.66 Å². The molecule has 1 aromatic carbocycles. The lowest BCUT2D eigenvalue weighted by Crippen LogP contribution is -2.31. The van der Waals surface area contributed by atoms with E-state index in [1.54, 1.807) is 0 Å². The second kappa shape index (κ2) is 7.03. The molecule has 1 atom stereocenters. The van der Waals surface area contributed by atoms with Gasteiger partial charge in [-0.2, -0.15) is 13.0 Å². The number of benzene rings is 1. The van der Waals surface area contributed by atoms with Gasteiger partial charge in [0.25, 0.3) is 10.1 Å². The molecule has 1 aliphatic heterocycles. The minimum Gasteiger partial charge on any atom is -0.481 e. The van der Waals surface area contributed by atoms with Crippen LogP contribution in [0.2, 0.25) is 0 Å². The average Bonchev–Trinajstić information content (AvgIpc) is 2.68. The van der Waals surface area contributed by atoms with Crippen LogP contribution < -0.4 is 0 Å². The second-order valence-electron chi connectivity index (χ2n) is 6.47. The number of carboxylic acids is 1. The molecule has 1 aromatic rings. The maximum absolute atomic E-state index is 10.9. The zero-order chi connectivity index (χ0) is 18.0. The summed E-state index contributed by atoms with van der Waals surface area (Å²) < 4.78 is 32.9. The van der Waals surface area contributed by atoms with Gasteiger partial charge in [-0.1, -0.05) is 18.2 Å². The monoisotopic (exact) mass is 354 g/mol. The standard InChI is InChI=1S/C17H23NO5S/c1-13-17(2,10-5-9-16(19)20)14-7-3-4-8-15(14)18(13)11-6-12-24(21,22)23/h3-4,7-8H,5-6,9-12H2,1-2H3,(H-,19,20,21,22,23)/p+1. The van der Waals surface area contributed by atoms with Crippen molar-refractivity contribution in [2.45, 2.75) is 44.9 Å². The van der Waals surface area contributed by atoms with Crippen LogP contribution in [0.15, 0.2) is 24.3 Å². The van der Waals surface area contributed by atoms with Crippen LogP contribution in [0.25, 0.3) is 0 Å². The Bertz CT molecular complexity index is 769. The van der Waals surface area contributed by atoms with Crippen LogP contribution in [-0.4, -0.2) is 46.6 Å². The average molecular weight is 354 g/mol. The van der Waals surface area contributed by atoms with E-state index in [1.165, 1.54) is 0 Å². The molecule has 24 heavy (non-hydrogen) atoms. The number of carboxylic acid groups (broad SMARTS) is 1. The highest BCUT2D eigenvalue weighted by molar-refractivity contribution is 7.85. The molecule has 7 heteroatoms. The van der Waals surface area contributed by atoms with E-state index in [2.05, 4.69) is 11.5 Å². The minimum absolute atomic E-state index is 0.133. The van der Waals surface area contributed by atoms with Crippen molar-refractivity contribution >= 4 is 27.5 Å². The summed E-state index contributed by atoms with van der Waals surface area (Å²) in [6.45, 7) is 4.61. The normalized spacial score (nSPS) is 20.3. The number of para-hydroxylation sites is 1. The van der Waals surface area contributed by atoms with E-state index in [0.717, 1.165) is 23.4 Å². The smallest absolute Gasteiger partial charge is 0.303 e. The van der Waals surface area contributed by atoms with Crippen molar-refractivity contribution in [3.05, 3.63) is 29.8 Å². The Morgan fingerprint density at radius 1 is 1.25 bits per heavy atom. The minimum atomic E-state index is -3.96. The molecule has 0 aromatic heterocycles. The molecule has 0 bridgehead atoms. The van der Waals surface area contributed by atoms with Crippen molar-refractivity contribution in [1.29, 1.82) is 0 Å². The molecule has 0 spiro atoms. The fraction of sp³-hybridized carbons (Fsp3) is 0.529. The maximum Gasteiger partial charge on any atom is 0.303 e. The molecule has 0 saturated heterocycles. The highest BCUT2D eigenvalue weighted by Gasteiger charge is 2.45. The third-order valence-corrected chi connectivity index (χ3v) is 5.65. The summed E-state index contributed by atoms with van der Waals surface area (Å²) in [5.74, 6) is -1.07. The fourth-order valence-corrected chi connectivity index (χ4v) is 3.94. The number of fused-ring (bicyclic) bond motifs is 1. The lowest BCUT2D eigenvalue weighted by Gasteiger charge is -2.21. The number of carbonyl (C=O) groups is 1. The van der Waals surface area contributed by atoms with Crippen LogP contribution in [0.4, 0.5) is 5.69 Å². The number of hydrogen-bond acceptors (Lipinski definition) is 3. The quantitative estimate of drug-likeness (QED) is 0.553. The van der Waals surface area contributed by atoms with E-state index in [9.17, 15) is 13.2 Å². The second-order valence-corrected chi connectivity index (χ2v) is 8.05. The zero-order valence-corrected chi connectivity index (χ0v) is 14.8. The van der Waals surface area contributed by atoms with Crippen molar-refractivity contribution in [2.24, 2.45) is 0 Å². The molecule has 0 fully saturated rings. The Kier molecular flexibility index (Phi) is 5.45. The Morgan fingerprint density at radius 3 is 2.54 bits per heavy atom. The van der Waals surface area contributed by atoms with Gasteiger partial charge in [0, 0.05) is 31.4 Å². The van der Waals surface area contributed by atoms with Gasteiger partial charge in [-0.25, -0.2) is 0 Å². The van der Waals surface area contributed by atoms with Gasteiger partial charge in [0.05, 0.1) is 11.2 Å². The van der Waals surface area contributed by atoms with Gasteiger partial charge >= 0.3 is 5.97 Å². The molecule has 0 radical (unpaired) electrons. The van der Waals surface area contributed by atoms with E-state index in [1.807, 2.05) is 31.2 Å². The molecule has 0 saturated carbocycles. The molecule has 0 aliphatic carbocycles. The first kappa shape index (κ1) is 18.6. The summed E-state index contributed by atoms with van der Waals surface area (Å²) in [5.41, 5.74) is 3.00. The number of aliphatic carboxylic acids is 1. The molecule has 0 amide bonds. The zero-order valence-electron chi connectivity index (χ0n) is 14.0. The molecule has 1 unspecified atom stereocenters. The number of hydrogen-bond donors (Lipinski definition) is 2. The highest BCUT2D eigenvalue weighted by atomic mass is 32.2. The third kappa shape index (κ3) is 4.02. The molecular formula is C17H24NO5S+. The van der Waals surface area contributed by atoms with Gasteiger partial charge < -0.3 is 5.11 Å². The summed E-state index contributed by atoms with van der Waals surface area (Å²) in [6, 6.07) is 7.94. The number of nitrogens with zero attached hydrogens (tertiary/aromatic N) is 1. The Balaban J connectivity index is 2.26. The van der Waals surface area contributed by atoms with E-state index in [-0.39, 0.29) is 17.6 Å². The maximum atomic E-state index is 10.9. The van der Waals surface area contributed by atoms with Crippen LogP contribution in [0, 0.1) is 0 Å². The van der Waals surface area contributed by atoms with Crippen LogP contribution in [0.1, 0.15) is 45.1 Å². The topological polar surface area (TPSA) is 94.7 Å². The van der Waals surface area contributed by atoms with Crippen molar-refractivity contribution < 1.29 is 27.4 Å². The molecule has 1 heterocycles. The third-order valence-electron chi connectivity index (χ3n) is 4.84. The van der Waals surface area contributed by atoms with Gasteiger partial charge in [-0.3, -0.25) is 9.35 Å². The van der Waals surface area contributed by atoms with E-state index < -0.39 is 16.1 Å². The number of rotatable bonds is 8. The van der Waals surface area contributed by atoms with Crippen molar-refractivity contribution in [2.75, 3.05) is 12.3 Å². The van der Waals surface area contributed by atoms with Crippen LogP contribution in [0.3, 0.4) is 0 Å². The van der Waals surface area contributed by atoms with Gasteiger partial charge in [0.1, 0.15) is 6.54 Å². The summed E-state index contributed by atoms with van der Waals surface area (Å²) >= 11 is 0. The summed E-state index contributed by atoms with van der Waals surface area (Å²) in [5, 5.41) is 8.88. The van der Waals surface area contributed by atoms with Crippen molar-refractivity contribution in [3.8, 4) is 0 Å². The van der Waals surface area contributed by atoms with Gasteiger partial charge in [0.15, 0.2) is 5.71 Å². The van der Waals surface area contributed by atoms with Crippen LogP contribution in [-0.2, 0) is 20.3 Å². The summed E-state index contributed by atoms with van der Waals surface area (Å²) in [7, 11) is -3.96. The van der Waals surface area contributed by atoms with Crippen molar-refractivity contribution in [3.63, 3.8) is 0 Å². The first-order valence-corrected chi connectivity index (χ1v) is 9.64. The molecule has 132 valence electrons. The van der Waals surface area contributed by atoms with Crippen LogP contribution >= 0.6 is 0 Å². The Morgan fingerprint density at radius 2 is 1.92 bits per heavy atom. The predicted molar refractivity (Wildman–Crippen MR) is 91.8 cm³/mol.